The number of pyridine rings is 2. The van der Waals surface area contributed by atoms with E-state index in [0.29, 0.717) is 11.6 Å². The third-order valence-corrected chi connectivity index (χ3v) is 4.08. The summed E-state index contributed by atoms with van der Waals surface area (Å²) >= 11 is 6.63. The average molecular weight is 416 g/mol. The van der Waals surface area contributed by atoms with Crippen molar-refractivity contribution in [3.05, 3.63) is 44.6 Å². The zero-order valence-corrected chi connectivity index (χ0v) is 15.1. The van der Waals surface area contributed by atoms with Crippen LogP contribution in [0.5, 0.6) is 0 Å². The maximum atomic E-state index is 10.6. The number of aromatic nitrogens is 2. The summed E-state index contributed by atoms with van der Waals surface area (Å²) in [4.78, 5) is 18.5. The number of hydrogen-bond acceptors (Lipinski definition) is 4. The Balaban J connectivity index is 0.000000219. The molecule has 0 unspecified atom stereocenters. The Labute approximate surface area is 140 Å². The Morgan fingerprint density at radius 1 is 1.10 bits per heavy atom. The van der Waals surface area contributed by atoms with Crippen molar-refractivity contribution < 1.29 is 4.79 Å². The second-order valence-corrected chi connectivity index (χ2v) is 6.07. The summed E-state index contributed by atoms with van der Waals surface area (Å²) in [5.41, 5.74) is 7.56. The van der Waals surface area contributed by atoms with E-state index in [1.54, 1.807) is 12.4 Å². The van der Waals surface area contributed by atoms with Gasteiger partial charge in [-0.1, -0.05) is 0 Å². The van der Waals surface area contributed by atoms with Gasteiger partial charge in [0.1, 0.15) is 11.6 Å². The molecule has 7 heteroatoms. The van der Waals surface area contributed by atoms with Gasteiger partial charge in [0.25, 0.3) is 0 Å². The van der Waals surface area contributed by atoms with Crippen LogP contribution in [0.4, 0.5) is 11.6 Å². The molecule has 0 aliphatic carbocycles. The van der Waals surface area contributed by atoms with E-state index in [2.05, 4.69) is 47.1 Å². The van der Waals surface area contributed by atoms with Gasteiger partial charge in [-0.3, -0.25) is 4.79 Å². The van der Waals surface area contributed by atoms with E-state index in [0.717, 1.165) is 20.1 Å². The molecule has 0 aromatic carbocycles. The number of carbonyl (C=O) groups is 1. The van der Waals surface area contributed by atoms with E-state index in [-0.39, 0.29) is 5.91 Å². The van der Waals surface area contributed by atoms with Crippen molar-refractivity contribution in [1.82, 2.24) is 9.97 Å². The van der Waals surface area contributed by atoms with Gasteiger partial charge in [-0.2, -0.15) is 0 Å². The van der Waals surface area contributed by atoms with Crippen molar-refractivity contribution in [2.75, 3.05) is 11.1 Å². The maximum Gasteiger partial charge on any atom is 0.222 e. The van der Waals surface area contributed by atoms with Gasteiger partial charge >= 0.3 is 0 Å². The van der Waals surface area contributed by atoms with Crippen LogP contribution in [0.25, 0.3) is 0 Å². The number of amides is 1. The van der Waals surface area contributed by atoms with Gasteiger partial charge in [0.15, 0.2) is 0 Å². The quantitative estimate of drug-likeness (QED) is 0.741. The van der Waals surface area contributed by atoms with Gasteiger partial charge in [-0.25, -0.2) is 9.97 Å². The second-order valence-electron chi connectivity index (χ2n) is 4.36. The number of carbonyl (C=O) groups excluding carboxylic acids is 1. The van der Waals surface area contributed by atoms with Crippen LogP contribution in [0.2, 0.25) is 0 Å². The molecule has 0 atom stereocenters. The van der Waals surface area contributed by atoms with Crippen molar-refractivity contribution in [3.63, 3.8) is 0 Å². The molecular formula is C14H16Br2N4O. The number of nitrogens with one attached hydrogen (secondary N) is 1. The van der Waals surface area contributed by atoms with Gasteiger partial charge in [-0.15, -0.1) is 0 Å². The van der Waals surface area contributed by atoms with Crippen LogP contribution in [-0.4, -0.2) is 15.9 Å². The van der Waals surface area contributed by atoms with E-state index in [4.69, 9.17) is 5.73 Å². The lowest BCUT2D eigenvalue weighted by atomic mass is 10.3. The number of nitrogen functional groups attached to an aromatic ring is 1. The lowest BCUT2D eigenvalue weighted by molar-refractivity contribution is -0.114. The Hall–Kier alpha value is -1.47. The van der Waals surface area contributed by atoms with E-state index >= 15 is 0 Å². The minimum atomic E-state index is -0.107. The fourth-order valence-corrected chi connectivity index (χ4v) is 1.78. The van der Waals surface area contributed by atoms with Gasteiger partial charge in [-0.05, 0) is 69.0 Å². The predicted molar refractivity (Wildman–Crippen MR) is 92.1 cm³/mol. The van der Waals surface area contributed by atoms with Crippen molar-refractivity contribution in [1.29, 1.82) is 0 Å². The summed E-state index contributed by atoms with van der Waals surface area (Å²) < 4.78 is 1.94. The molecule has 3 N–H and O–H groups in total. The molecule has 0 fully saturated rings. The molecule has 21 heavy (non-hydrogen) atoms. The van der Waals surface area contributed by atoms with Crippen LogP contribution < -0.4 is 11.1 Å². The largest absolute Gasteiger partial charge is 0.384 e. The normalized spacial score (nSPS) is 9.57. The van der Waals surface area contributed by atoms with E-state index in [1.807, 2.05) is 26.0 Å². The molecule has 0 bridgehead atoms. The first-order chi connectivity index (χ1) is 9.79. The summed E-state index contributed by atoms with van der Waals surface area (Å²) in [7, 11) is 0. The first kappa shape index (κ1) is 17.6. The molecule has 2 aromatic heterocycles. The van der Waals surface area contributed by atoms with Gasteiger partial charge in [0, 0.05) is 28.3 Å². The molecule has 2 heterocycles. The Kier molecular flexibility index (Phi) is 6.77. The van der Waals surface area contributed by atoms with Gasteiger partial charge < -0.3 is 11.1 Å². The summed E-state index contributed by atoms with van der Waals surface area (Å²) in [6, 6.07) is 3.63. The molecule has 2 rings (SSSR count). The molecule has 2 aromatic rings. The van der Waals surface area contributed by atoms with Gasteiger partial charge in [0.05, 0.1) is 0 Å². The number of rotatable bonds is 1. The Bertz CT molecular complexity index is 647. The minimum Gasteiger partial charge on any atom is -0.384 e. The van der Waals surface area contributed by atoms with Crippen LogP contribution >= 0.6 is 31.9 Å². The molecule has 5 nitrogen and oxygen atoms in total. The summed E-state index contributed by atoms with van der Waals surface area (Å²) in [6.07, 6.45) is 3.37. The fourth-order valence-electron chi connectivity index (χ4n) is 1.35. The Morgan fingerprint density at radius 3 is 2.05 bits per heavy atom. The summed E-state index contributed by atoms with van der Waals surface area (Å²) in [5, 5.41) is 2.60. The molecule has 0 saturated heterocycles. The molecule has 0 aliphatic heterocycles. The number of nitrogens with two attached hydrogens (primary N) is 1. The molecular weight excluding hydrogens is 400 g/mol. The van der Waals surface area contributed by atoms with Gasteiger partial charge in [0.2, 0.25) is 5.91 Å². The third-order valence-electron chi connectivity index (χ3n) is 2.42. The smallest absolute Gasteiger partial charge is 0.222 e. The van der Waals surface area contributed by atoms with E-state index in [1.165, 1.54) is 6.92 Å². The number of halogens is 2. The van der Waals surface area contributed by atoms with Crippen molar-refractivity contribution >= 4 is 49.4 Å². The first-order valence-electron chi connectivity index (χ1n) is 6.07. The van der Waals surface area contributed by atoms with Crippen LogP contribution in [0, 0.1) is 13.8 Å². The van der Waals surface area contributed by atoms with Crippen LogP contribution in [0.3, 0.4) is 0 Å². The zero-order chi connectivity index (χ0) is 16.0. The molecule has 0 aliphatic rings. The molecule has 0 spiro atoms. The molecule has 0 radical (unpaired) electrons. The lowest BCUT2D eigenvalue weighted by Gasteiger charge is -2.02. The maximum absolute atomic E-state index is 10.6. The fraction of sp³-hybridized carbons (Fsp3) is 0.214. The Morgan fingerprint density at radius 2 is 1.62 bits per heavy atom. The monoisotopic (exact) mass is 414 g/mol. The predicted octanol–water partition coefficient (Wildman–Crippen LogP) is 3.85. The standard InChI is InChI=1S/C8H9BrN2O.C6H7BrN2/c1-5-3-8(11-6(2)12)10-4-7(5)9;1-4-2-6(8)9-3-5(4)7/h3-4H,1-2H3,(H,10,11,12);2-3H,1H3,(H2,8,9). The minimum absolute atomic E-state index is 0.107. The van der Waals surface area contributed by atoms with Crippen LogP contribution in [0.15, 0.2) is 33.5 Å². The topological polar surface area (TPSA) is 80.9 Å². The molecule has 112 valence electrons. The zero-order valence-electron chi connectivity index (χ0n) is 11.9. The van der Waals surface area contributed by atoms with Crippen molar-refractivity contribution in [2.24, 2.45) is 0 Å². The van der Waals surface area contributed by atoms with E-state index < -0.39 is 0 Å². The number of hydrogen-bond donors (Lipinski definition) is 2. The van der Waals surface area contributed by atoms with Crippen LogP contribution in [-0.2, 0) is 4.79 Å². The lowest BCUT2D eigenvalue weighted by Crippen LogP contribution is -2.07. The van der Waals surface area contributed by atoms with Crippen molar-refractivity contribution in [2.45, 2.75) is 20.8 Å². The highest BCUT2D eigenvalue weighted by molar-refractivity contribution is 9.10. The van der Waals surface area contributed by atoms with E-state index in [9.17, 15) is 4.79 Å². The number of anilines is 2. The molecule has 1 amide bonds. The van der Waals surface area contributed by atoms with Crippen LogP contribution in [0.1, 0.15) is 18.1 Å². The number of aryl methyl sites for hydroxylation is 2. The summed E-state index contributed by atoms with van der Waals surface area (Å²) in [5.74, 6) is 1.04. The highest BCUT2D eigenvalue weighted by Crippen LogP contribution is 2.17. The molecule has 0 saturated carbocycles. The average Bonchev–Trinajstić information content (AvgIpc) is 2.39. The number of nitrogens with zero attached hydrogens (tertiary/aromatic N) is 2. The second kappa shape index (κ2) is 8.09. The van der Waals surface area contributed by atoms with Crippen molar-refractivity contribution in [3.8, 4) is 0 Å². The SMILES string of the molecule is CC(=O)Nc1cc(C)c(Br)cn1.Cc1cc(N)ncc1Br. The highest BCUT2D eigenvalue weighted by atomic mass is 79.9. The third kappa shape index (κ3) is 6.22. The summed E-state index contributed by atoms with van der Waals surface area (Å²) in [6.45, 7) is 5.37. The first-order valence-corrected chi connectivity index (χ1v) is 7.65. The highest BCUT2D eigenvalue weighted by Gasteiger charge is 1.99.